The Kier molecular flexibility index (Phi) is 5.93. The molecule has 2 amide bonds. The molecule has 2 N–H and O–H groups in total. The summed E-state index contributed by atoms with van der Waals surface area (Å²) in [5.41, 5.74) is 2.10. The molecule has 3 aliphatic rings. The van der Waals surface area contributed by atoms with E-state index in [4.69, 9.17) is 5.11 Å². The molecule has 6 nitrogen and oxygen atoms in total. The number of nitrogens with one attached hydrogen (secondary N) is 1. The Morgan fingerprint density at radius 3 is 2.66 bits per heavy atom. The number of fused-ring (bicyclic) bond motifs is 2. The molecule has 1 spiro atoms. The summed E-state index contributed by atoms with van der Waals surface area (Å²) < 4.78 is 0. The van der Waals surface area contributed by atoms with Crippen molar-refractivity contribution in [3.63, 3.8) is 0 Å². The normalized spacial score (nSPS) is 21.7. The fraction of sp³-hybridized carbons (Fsp3) is 0.652. The lowest BCUT2D eigenvalue weighted by Crippen LogP contribution is -2.48. The standard InChI is InChI=1S/C23H33N3O3/c1-25-20-8-7-18(21(28)24-16-17-5-2-3-6-17)15-19(20)23(22(25)29)9-12-26(13-10-23)11-4-14-27/h7-8,15,17,27H,2-6,9-14,16H2,1H3,(H,24,28). The van der Waals surface area contributed by atoms with E-state index in [1.54, 1.807) is 4.90 Å². The maximum Gasteiger partial charge on any atom is 0.251 e. The quantitative estimate of drug-likeness (QED) is 0.770. The predicted octanol–water partition coefficient (Wildman–Crippen LogP) is 2.30. The number of rotatable bonds is 6. The van der Waals surface area contributed by atoms with Crippen LogP contribution in [0.3, 0.4) is 0 Å². The lowest BCUT2D eigenvalue weighted by Gasteiger charge is -2.38. The first-order valence-corrected chi connectivity index (χ1v) is 11.1. The minimum absolute atomic E-state index is 0.0303. The van der Waals surface area contributed by atoms with Crippen molar-refractivity contribution in [1.82, 2.24) is 10.2 Å². The topological polar surface area (TPSA) is 72.9 Å². The summed E-state index contributed by atoms with van der Waals surface area (Å²) in [6.07, 6.45) is 7.25. The number of hydrogen-bond acceptors (Lipinski definition) is 4. The van der Waals surface area contributed by atoms with Crippen molar-refractivity contribution in [2.75, 3.05) is 44.7 Å². The molecule has 1 aromatic carbocycles. The van der Waals surface area contributed by atoms with Gasteiger partial charge in [0.2, 0.25) is 5.91 Å². The molecular formula is C23H33N3O3. The summed E-state index contributed by atoms with van der Waals surface area (Å²) in [6, 6.07) is 5.75. The Hall–Kier alpha value is -1.92. The van der Waals surface area contributed by atoms with E-state index in [9.17, 15) is 9.59 Å². The smallest absolute Gasteiger partial charge is 0.251 e. The number of amides is 2. The van der Waals surface area contributed by atoms with E-state index in [1.807, 2.05) is 25.2 Å². The number of anilines is 1. The van der Waals surface area contributed by atoms with Crippen LogP contribution in [0.15, 0.2) is 18.2 Å². The Labute approximate surface area is 173 Å². The van der Waals surface area contributed by atoms with Crippen LogP contribution in [0.1, 0.15) is 60.9 Å². The van der Waals surface area contributed by atoms with Crippen LogP contribution in [0.25, 0.3) is 0 Å². The molecule has 1 aliphatic carbocycles. The highest BCUT2D eigenvalue weighted by Gasteiger charge is 2.51. The summed E-state index contributed by atoms with van der Waals surface area (Å²) in [5.74, 6) is 0.728. The molecule has 0 unspecified atom stereocenters. The molecule has 1 aromatic rings. The lowest BCUT2D eigenvalue weighted by molar-refractivity contribution is -0.124. The van der Waals surface area contributed by atoms with Gasteiger partial charge in [-0.25, -0.2) is 0 Å². The van der Waals surface area contributed by atoms with Gasteiger partial charge < -0.3 is 20.2 Å². The maximum absolute atomic E-state index is 13.2. The zero-order chi connectivity index (χ0) is 20.4. The van der Waals surface area contributed by atoms with E-state index < -0.39 is 5.41 Å². The minimum Gasteiger partial charge on any atom is -0.396 e. The highest BCUT2D eigenvalue weighted by Crippen LogP contribution is 2.47. The highest BCUT2D eigenvalue weighted by molar-refractivity contribution is 6.09. The average Bonchev–Trinajstić information content (AvgIpc) is 3.34. The van der Waals surface area contributed by atoms with Crippen LogP contribution >= 0.6 is 0 Å². The first-order valence-electron chi connectivity index (χ1n) is 11.1. The van der Waals surface area contributed by atoms with Gasteiger partial charge in [0.15, 0.2) is 0 Å². The van der Waals surface area contributed by atoms with Crippen LogP contribution in [-0.2, 0) is 10.2 Å². The molecule has 2 heterocycles. The molecule has 158 valence electrons. The van der Waals surface area contributed by atoms with E-state index >= 15 is 0 Å². The predicted molar refractivity (Wildman–Crippen MR) is 113 cm³/mol. The van der Waals surface area contributed by atoms with Crippen LogP contribution in [0.5, 0.6) is 0 Å². The Morgan fingerprint density at radius 1 is 1.24 bits per heavy atom. The molecule has 2 fully saturated rings. The average molecular weight is 400 g/mol. The van der Waals surface area contributed by atoms with Gasteiger partial charge in [0.25, 0.3) is 5.91 Å². The second kappa shape index (κ2) is 8.44. The Morgan fingerprint density at radius 2 is 1.97 bits per heavy atom. The third-order valence-corrected chi connectivity index (χ3v) is 7.22. The number of hydrogen-bond donors (Lipinski definition) is 2. The van der Waals surface area contributed by atoms with Crippen molar-refractivity contribution in [2.24, 2.45) is 5.92 Å². The van der Waals surface area contributed by atoms with Gasteiger partial charge in [-0.15, -0.1) is 0 Å². The number of benzene rings is 1. The van der Waals surface area contributed by atoms with Gasteiger partial charge in [-0.1, -0.05) is 12.8 Å². The van der Waals surface area contributed by atoms with E-state index in [0.717, 1.165) is 56.7 Å². The Bertz CT molecular complexity index is 765. The lowest BCUT2D eigenvalue weighted by atomic mass is 9.73. The summed E-state index contributed by atoms with van der Waals surface area (Å²) in [5, 5.41) is 12.2. The van der Waals surface area contributed by atoms with E-state index in [2.05, 4.69) is 10.2 Å². The zero-order valence-electron chi connectivity index (χ0n) is 17.5. The van der Waals surface area contributed by atoms with E-state index in [0.29, 0.717) is 11.5 Å². The number of carbonyl (C=O) groups excluding carboxylic acids is 2. The molecule has 0 bridgehead atoms. The first kappa shape index (κ1) is 20.4. The molecule has 6 heteroatoms. The van der Waals surface area contributed by atoms with Crippen LogP contribution in [-0.4, -0.2) is 61.7 Å². The molecular weight excluding hydrogens is 366 g/mol. The summed E-state index contributed by atoms with van der Waals surface area (Å²) >= 11 is 0. The fourth-order valence-electron chi connectivity index (χ4n) is 5.39. The number of likely N-dealkylation sites (tertiary alicyclic amines) is 1. The van der Waals surface area contributed by atoms with Gasteiger partial charge in [0.1, 0.15) is 0 Å². The summed E-state index contributed by atoms with van der Waals surface area (Å²) in [7, 11) is 1.84. The van der Waals surface area contributed by atoms with Gasteiger partial charge in [0.05, 0.1) is 5.41 Å². The molecule has 4 rings (SSSR count). The van der Waals surface area contributed by atoms with Crippen LogP contribution in [0.2, 0.25) is 0 Å². The van der Waals surface area contributed by atoms with Crippen molar-refractivity contribution < 1.29 is 14.7 Å². The second-order valence-corrected chi connectivity index (χ2v) is 8.96. The largest absolute Gasteiger partial charge is 0.396 e. The SMILES string of the molecule is CN1C(=O)C2(CCN(CCCO)CC2)c2cc(C(=O)NCC3CCCC3)ccc21. The molecule has 29 heavy (non-hydrogen) atoms. The number of likely N-dealkylation sites (N-methyl/N-ethyl adjacent to an activating group) is 1. The van der Waals surface area contributed by atoms with Crippen molar-refractivity contribution in [2.45, 2.75) is 50.4 Å². The number of aliphatic hydroxyl groups excluding tert-OH is 1. The summed E-state index contributed by atoms with van der Waals surface area (Å²) in [4.78, 5) is 30.1. The van der Waals surface area contributed by atoms with Crippen LogP contribution < -0.4 is 10.2 Å². The van der Waals surface area contributed by atoms with E-state index in [-0.39, 0.29) is 18.4 Å². The van der Waals surface area contributed by atoms with E-state index in [1.165, 1.54) is 25.7 Å². The third kappa shape index (κ3) is 3.80. The van der Waals surface area contributed by atoms with Crippen LogP contribution in [0, 0.1) is 5.92 Å². The maximum atomic E-state index is 13.2. The zero-order valence-corrected chi connectivity index (χ0v) is 17.5. The number of nitrogens with zero attached hydrogens (tertiary/aromatic N) is 2. The van der Waals surface area contributed by atoms with Gasteiger partial charge in [0, 0.05) is 38.0 Å². The number of carbonyl (C=O) groups is 2. The third-order valence-electron chi connectivity index (χ3n) is 7.22. The van der Waals surface area contributed by atoms with Gasteiger partial charge in [-0.2, -0.15) is 0 Å². The molecule has 0 aromatic heterocycles. The fourth-order valence-corrected chi connectivity index (χ4v) is 5.39. The van der Waals surface area contributed by atoms with Gasteiger partial charge >= 0.3 is 0 Å². The molecule has 1 saturated carbocycles. The number of piperidine rings is 1. The Balaban J connectivity index is 1.51. The van der Waals surface area contributed by atoms with Crippen molar-refractivity contribution in [1.29, 1.82) is 0 Å². The van der Waals surface area contributed by atoms with Crippen LogP contribution in [0.4, 0.5) is 5.69 Å². The monoisotopic (exact) mass is 399 g/mol. The first-order chi connectivity index (χ1) is 14.0. The molecule has 0 atom stereocenters. The molecule has 1 saturated heterocycles. The van der Waals surface area contributed by atoms with Gasteiger partial charge in [-0.05, 0) is 74.9 Å². The van der Waals surface area contributed by atoms with Crippen molar-refractivity contribution in [3.8, 4) is 0 Å². The number of aliphatic hydroxyl groups is 1. The van der Waals surface area contributed by atoms with Gasteiger partial charge in [-0.3, -0.25) is 9.59 Å². The van der Waals surface area contributed by atoms with Crippen molar-refractivity contribution in [3.05, 3.63) is 29.3 Å². The minimum atomic E-state index is -0.512. The highest BCUT2D eigenvalue weighted by atomic mass is 16.3. The van der Waals surface area contributed by atoms with Crippen molar-refractivity contribution >= 4 is 17.5 Å². The second-order valence-electron chi connectivity index (χ2n) is 8.96. The molecule has 0 radical (unpaired) electrons. The molecule has 2 aliphatic heterocycles. The summed E-state index contributed by atoms with van der Waals surface area (Å²) in [6.45, 7) is 3.51.